The van der Waals surface area contributed by atoms with Crippen molar-refractivity contribution in [2.45, 2.75) is 13.3 Å². The molecule has 0 aromatic heterocycles. The molecule has 0 aliphatic carbocycles. The number of rotatable bonds is 9. The molecule has 0 saturated carbocycles. The van der Waals surface area contributed by atoms with Crippen LogP contribution < -0.4 is 5.32 Å². The highest BCUT2D eigenvalue weighted by Crippen LogP contribution is 1.90. The van der Waals surface area contributed by atoms with Gasteiger partial charge in [0.1, 0.15) is 0 Å². The second-order valence-corrected chi connectivity index (χ2v) is 3.64. The van der Waals surface area contributed by atoms with Crippen molar-refractivity contribution in [3.8, 4) is 0 Å². The molecule has 6 nitrogen and oxygen atoms in total. The van der Waals surface area contributed by atoms with Gasteiger partial charge in [-0.25, -0.2) is 0 Å². The first-order chi connectivity index (χ1) is 8.10. The fraction of sp³-hybridized carbons (Fsp3) is 0.818. The maximum Gasteiger partial charge on any atom is 0.307 e. The molecule has 0 saturated heterocycles. The van der Waals surface area contributed by atoms with Crippen molar-refractivity contribution in [3.05, 3.63) is 0 Å². The molecule has 0 radical (unpaired) electrons. The van der Waals surface area contributed by atoms with Crippen molar-refractivity contribution >= 4 is 11.9 Å². The molecule has 0 fully saturated rings. The first kappa shape index (κ1) is 15.9. The molecule has 0 bridgehead atoms. The highest BCUT2D eigenvalue weighted by Gasteiger charge is 2.08. The van der Waals surface area contributed by atoms with E-state index < -0.39 is 0 Å². The van der Waals surface area contributed by atoms with E-state index in [4.69, 9.17) is 9.47 Å². The average molecular weight is 246 g/mol. The Morgan fingerprint density at radius 3 is 2.65 bits per heavy atom. The fourth-order valence-corrected chi connectivity index (χ4v) is 1.19. The van der Waals surface area contributed by atoms with Crippen LogP contribution in [0.1, 0.15) is 13.3 Å². The minimum Gasteiger partial charge on any atom is -0.466 e. The van der Waals surface area contributed by atoms with Gasteiger partial charge >= 0.3 is 5.97 Å². The number of ether oxygens (including phenoxy) is 2. The summed E-state index contributed by atoms with van der Waals surface area (Å²) in [6.45, 7) is 3.93. The summed E-state index contributed by atoms with van der Waals surface area (Å²) < 4.78 is 9.61. The minimum atomic E-state index is -0.237. The van der Waals surface area contributed by atoms with Crippen molar-refractivity contribution in [1.29, 1.82) is 0 Å². The number of likely N-dealkylation sites (N-methyl/N-ethyl adjacent to an activating group) is 1. The molecule has 1 N–H and O–H groups in total. The van der Waals surface area contributed by atoms with Gasteiger partial charge in [0.15, 0.2) is 0 Å². The molecule has 6 heteroatoms. The Morgan fingerprint density at radius 2 is 2.06 bits per heavy atom. The lowest BCUT2D eigenvalue weighted by Gasteiger charge is -2.15. The Balaban J connectivity index is 3.59. The van der Waals surface area contributed by atoms with E-state index in [0.717, 1.165) is 0 Å². The largest absolute Gasteiger partial charge is 0.466 e. The van der Waals surface area contributed by atoms with Crippen LogP contribution in [-0.2, 0) is 19.1 Å². The molecule has 0 aromatic rings. The lowest BCUT2D eigenvalue weighted by molar-refractivity contribution is -0.143. The molecular weight excluding hydrogens is 224 g/mol. The molecule has 0 aliphatic rings. The van der Waals surface area contributed by atoms with Gasteiger partial charge in [-0.05, 0) is 14.0 Å². The summed E-state index contributed by atoms with van der Waals surface area (Å²) in [6, 6.07) is 0. The number of amides is 1. The third-order valence-electron chi connectivity index (χ3n) is 2.04. The van der Waals surface area contributed by atoms with Crippen molar-refractivity contribution in [3.63, 3.8) is 0 Å². The zero-order valence-corrected chi connectivity index (χ0v) is 10.8. The van der Waals surface area contributed by atoms with Crippen LogP contribution in [0, 0.1) is 0 Å². The Kier molecular flexibility index (Phi) is 9.37. The smallest absolute Gasteiger partial charge is 0.307 e. The van der Waals surface area contributed by atoms with Crippen LogP contribution in [0.5, 0.6) is 0 Å². The van der Waals surface area contributed by atoms with Gasteiger partial charge in [0.25, 0.3) is 0 Å². The van der Waals surface area contributed by atoms with Crippen LogP contribution in [0.4, 0.5) is 0 Å². The van der Waals surface area contributed by atoms with E-state index in [9.17, 15) is 9.59 Å². The topological polar surface area (TPSA) is 67.9 Å². The van der Waals surface area contributed by atoms with Gasteiger partial charge in [-0.1, -0.05) is 0 Å². The third-order valence-corrected chi connectivity index (χ3v) is 2.04. The number of methoxy groups -OCH3 is 1. The number of carbonyl (C=O) groups is 2. The molecule has 0 atom stereocenters. The van der Waals surface area contributed by atoms with Gasteiger partial charge in [0, 0.05) is 20.2 Å². The SMILES string of the molecule is CCOC(=O)CCN(C)CC(=O)NCCOC. The van der Waals surface area contributed by atoms with Crippen molar-refractivity contribution in [2.75, 3.05) is 47.0 Å². The van der Waals surface area contributed by atoms with Crippen LogP contribution >= 0.6 is 0 Å². The molecule has 0 heterocycles. The fourth-order valence-electron chi connectivity index (χ4n) is 1.19. The van der Waals surface area contributed by atoms with Crippen molar-refractivity contribution < 1.29 is 19.1 Å². The first-order valence-electron chi connectivity index (χ1n) is 5.70. The standard InChI is InChI=1S/C11H22N2O4/c1-4-17-11(15)5-7-13(2)9-10(14)12-6-8-16-3/h4-9H2,1-3H3,(H,12,14). The zero-order chi connectivity index (χ0) is 13.1. The Labute approximate surface area is 102 Å². The third kappa shape index (κ3) is 9.77. The maximum absolute atomic E-state index is 11.4. The Hall–Kier alpha value is -1.14. The van der Waals surface area contributed by atoms with Gasteiger partial charge in [-0.15, -0.1) is 0 Å². The van der Waals surface area contributed by atoms with E-state index in [-0.39, 0.29) is 18.4 Å². The van der Waals surface area contributed by atoms with Crippen LogP contribution in [0.3, 0.4) is 0 Å². The monoisotopic (exact) mass is 246 g/mol. The summed E-state index contributed by atoms with van der Waals surface area (Å²) in [5.74, 6) is -0.312. The van der Waals surface area contributed by atoms with Gasteiger partial charge in [-0.3, -0.25) is 14.5 Å². The molecule has 0 unspecified atom stereocenters. The minimum absolute atomic E-state index is 0.0755. The van der Waals surface area contributed by atoms with Gasteiger partial charge in [-0.2, -0.15) is 0 Å². The van der Waals surface area contributed by atoms with E-state index >= 15 is 0 Å². The second kappa shape index (κ2) is 10.0. The number of esters is 1. The summed E-state index contributed by atoms with van der Waals surface area (Å²) in [6.07, 6.45) is 0.301. The summed E-state index contributed by atoms with van der Waals surface area (Å²) in [4.78, 5) is 24.2. The maximum atomic E-state index is 11.4. The quantitative estimate of drug-likeness (QED) is 0.444. The zero-order valence-electron chi connectivity index (χ0n) is 10.8. The first-order valence-corrected chi connectivity index (χ1v) is 5.70. The lowest BCUT2D eigenvalue weighted by atomic mass is 10.4. The van der Waals surface area contributed by atoms with E-state index in [2.05, 4.69) is 5.32 Å². The summed E-state index contributed by atoms with van der Waals surface area (Å²) in [5.41, 5.74) is 0. The van der Waals surface area contributed by atoms with Crippen LogP contribution in [0.2, 0.25) is 0 Å². The number of hydrogen-bond acceptors (Lipinski definition) is 5. The van der Waals surface area contributed by atoms with E-state index in [0.29, 0.717) is 32.7 Å². The van der Waals surface area contributed by atoms with Crippen molar-refractivity contribution in [2.24, 2.45) is 0 Å². The number of nitrogens with zero attached hydrogens (tertiary/aromatic N) is 1. The summed E-state index contributed by atoms with van der Waals surface area (Å²) in [5, 5.41) is 2.71. The Morgan fingerprint density at radius 1 is 1.35 bits per heavy atom. The molecule has 0 rings (SSSR count). The normalized spacial score (nSPS) is 10.4. The van der Waals surface area contributed by atoms with Crippen LogP contribution in [0.15, 0.2) is 0 Å². The van der Waals surface area contributed by atoms with E-state index in [1.165, 1.54) is 0 Å². The summed E-state index contributed by atoms with van der Waals surface area (Å²) in [7, 11) is 3.37. The van der Waals surface area contributed by atoms with E-state index in [1.54, 1.807) is 26.0 Å². The molecule has 1 amide bonds. The van der Waals surface area contributed by atoms with Crippen molar-refractivity contribution in [1.82, 2.24) is 10.2 Å². The number of carbonyl (C=O) groups excluding carboxylic acids is 2. The lowest BCUT2D eigenvalue weighted by Crippen LogP contribution is -2.37. The highest BCUT2D eigenvalue weighted by atomic mass is 16.5. The summed E-state index contributed by atoms with van der Waals surface area (Å²) >= 11 is 0. The van der Waals surface area contributed by atoms with Gasteiger partial charge < -0.3 is 14.8 Å². The molecule has 0 aliphatic heterocycles. The predicted octanol–water partition coefficient (Wildman–Crippen LogP) is -0.366. The predicted molar refractivity (Wildman–Crippen MR) is 63.6 cm³/mol. The number of hydrogen-bond donors (Lipinski definition) is 1. The second-order valence-electron chi connectivity index (χ2n) is 3.64. The molecule has 0 aromatic carbocycles. The van der Waals surface area contributed by atoms with Crippen LogP contribution in [-0.4, -0.2) is 63.8 Å². The average Bonchev–Trinajstić information content (AvgIpc) is 2.27. The highest BCUT2D eigenvalue weighted by molar-refractivity contribution is 5.78. The van der Waals surface area contributed by atoms with Crippen LogP contribution in [0.25, 0.3) is 0 Å². The van der Waals surface area contributed by atoms with Gasteiger partial charge in [0.05, 0.1) is 26.2 Å². The molecule has 100 valence electrons. The van der Waals surface area contributed by atoms with E-state index in [1.807, 2.05) is 0 Å². The molecule has 17 heavy (non-hydrogen) atoms. The molecular formula is C11H22N2O4. The number of nitrogens with one attached hydrogen (secondary N) is 1. The van der Waals surface area contributed by atoms with Gasteiger partial charge in [0.2, 0.25) is 5.91 Å². The Bertz CT molecular complexity index is 234. The molecule has 0 spiro atoms.